The minimum Gasteiger partial charge on any atom is -0.491 e. The highest BCUT2D eigenvalue weighted by Gasteiger charge is 2.22. The lowest BCUT2D eigenvalue weighted by molar-refractivity contribution is 0.0696. The van der Waals surface area contributed by atoms with Gasteiger partial charge in [-0.1, -0.05) is 30.3 Å². The van der Waals surface area contributed by atoms with Crippen LogP contribution in [-0.2, 0) is 6.54 Å². The van der Waals surface area contributed by atoms with Crippen LogP contribution in [0.5, 0.6) is 5.75 Å². The Labute approximate surface area is 153 Å². The normalized spacial score (nSPS) is 17.8. The first-order valence-corrected chi connectivity index (χ1v) is 9.04. The van der Waals surface area contributed by atoms with Gasteiger partial charge in [-0.05, 0) is 49.1 Å². The van der Waals surface area contributed by atoms with Crippen molar-refractivity contribution in [3.8, 4) is 5.75 Å². The second kappa shape index (κ2) is 8.83. The number of hydrogen-bond donors (Lipinski definition) is 2. The van der Waals surface area contributed by atoms with Gasteiger partial charge >= 0.3 is 5.97 Å². The van der Waals surface area contributed by atoms with Crippen LogP contribution in [0.4, 0.5) is 0 Å². The zero-order valence-corrected chi connectivity index (χ0v) is 14.8. The number of hydrogen-bond acceptors (Lipinski definition) is 4. The number of carboxylic acid groups (broad SMARTS) is 1. The fourth-order valence-corrected chi connectivity index (χ4v) is 3.57. The summed E-state index contributed by atoms with van der Waals surface area (Å²) in [6.07, 6.45) is 2.16. The number of carboxylic acids is 1. The van der Waals surface area contributed by atoms with Gasteiger partial charge in [-0.2, -0.15) is 0 Å². The maximum Gasteiger partial charge on any atom is 0.335 e. The molecule has 0 radical (unpaired) electrons. The van der Waals surface area contributed by atoms with Crippen molar-refractivity contribution < 1.29 is 19.7 Å². The molecule has 1 saturated heterocycles. The molecule has 138 valence electrons. The fourth-order valence-electron chi connectivity index (χ4n) is 3.57. The van der Waals surface area contributed by atoms with Crippen molar-refractivity contribution in [2.75, 3.05) is 26.3 Å². The van der Waals surface area contributed by atoms with Crippen LogP contribution < -0.4 is 4.74 Å². The van der Waals surface area contributed by atoms with E-state index in [0.717, 1.165) is 49.4 Å². The van der Waals surface area contributed by atoms with E-state index in [-0.39, 0.29) is 6.61 Å². The maximum atomic E-state index is 11.2. The summed E-state index contributed by atoms with van der Waals surface area (Å²) >= 11 is 0. The summed E-state index contributed by atoms with van der Waals surface area (Å²) in [5.74, 6) is 0.277. The largest absolute Gasteiger partial charge is 0.491 e. The topological polar surface area (TPSA) is 70.0 Å². The molecule has 0 aliphatic carbocycles. The second-order valence-electron chi connectivity index (χ2n) is 6.68. The van der Waals surface area contributed by atoms with Gasteiger partial charge in [-0.15, -0.1) is 0 Å². The number of aromatic carboxylic acids is 1. The van der Waals surface area contributed by atoms with Crippen LogP contribution in [0.2, 0.25) is 0 Å². The van der Waals surface area contributed by atoms with Gasteiger partial charge < -0.3 is 14.9 Å². The van der Waals surface area contributed by atoms with Crippen LogP contribution in [0.3, 0.4) is 0 Å². The Hall–Kier alpha value is -2.37. The number of likely N-dealkylation sites (tertiary alicyclic amines) is 1. The summed E-state index contributed by atoms with van der Waals surface area (Å²) in [7, 11) is 0. The Morgan fingerprint density at radius 3 is 2.85 bits per heavy atom. The van der Waals surface area contributed by atoms with E-state index in [2.05, 4.69) is 11.0 Å². The van der Waals surface area contributed by atoms with Gasteiger partial charge in [0.05, 0.1) is 12.2 Å². The lowest BCUT2D eigenvalue weighted by Gasteiger charge is -2.33. The van der Waals surface area contributed by atoms with Crippen molar-refractivity contribution in [2.24, 2.45) is 0 Å². The van der Waals surface area contributed by atoms with Crippen molar-refractivity contribution in [2.45, 2.75) is 25.3 Å². The third-order valence-electron chi connectivity index (χ3n) is 4.83. The first-order chi connectivity index (χ1) is 12.7. The van der Waals surface area contributed by atoms with Gasteiger partial charge in [-0.25, -0.2) is 4.79 Å². The van der Waals surface area contributed by atoms with Crippen molar-refractivity contribution >= 4 is 5.97 Å². The highest BCUT2D eigenvalue weighted by atomic mass is 16.5. The van der Waals surface area contributed by atoms with Crippen LogP contribution in [0.15, 0.2) is 48.5 Å². The van der Waals surface area contributed by atoms with Crippen LogP contribution >= 0.6 is 0 Å². The number of piperidine rings is 1. The van der Waals surface area contributed by atoms with E-state index in [4.69, 9.17) is 9.84 Å². The van der Waals surface area contributed by atoms with Crippen LogP contribution in [0.1, 0.15) is 40.2 Å². The predicted octanol–water partition coefficient (Wildman–Crippen LogP) is 3.14. The summed E-state index contributed by atoms with van der Waals surface area (Å²) in [6.45, 7) is 3.00. The maximum absolute atomic E-state index is 11.2. The Kier molecular flexibility index (Phi) is 6.26. The highest BCUT2D eigenvalue weighted by molar-refractivity contribution is 5.87. The number of ether oxygens (including phenoxy) is 1. The number of carbonyl (C=O) groups is 1. The SMILES string of the molecule is O=C(O)c1cccc(C2CCCN(Cc3ccccc3OCCO)C2)c1. The minimum absolute atomic E-state index is 0.0000402. The van der Waals surface area contributed by atoms with E-state index < -0.39 is 5.97 Å². The zero-order chi connectivity index (χ0) is 18.4. The third kappa shape index (κ3) is 4.62. The number of nitrogens with zero attached hydrogens (tertiary/aromatic N) is 1. The Balaban J connectivity index is 1.69. The molecule has 1 heterocycles. The van der Waals surface area contributed by atoms with E-state index in [1.165, 1.54) is 0 Å². The van der Waals surface area contributed by atoms with Gasteiger partial charge in [0.2, 0.25) is 0 Å². The van der Waals surface area contributed by atoms with Crippen molar-refractivity contribution in [1.29, 1.82) is 0 Å². The van der Waals surface area contributed by atoms with Gasteiger partial charge in [0.15, 0.2) is 0 Å². The number of aliphatic hydroxyl groups is 1. The van der Waals surface area contributed by atoms with Gasteiger partial charge in [0.1, 0.15) is 12.4 Å². The highest BCUT2D eigenvalue weighted by Crippen LogP contribution is 2.29. The molecule has 2 aromatic rings. The molecule has 1 aliphatic heterocycles. The van der Waals surface area contributed by atoms with Gasteiger partial charge in [0, 0.05) is 18.7 Å². The van der Waals surface area contributed by atoms with Crippen LogP contribution in [-0.4, -0.2) is 47.4 Å². The lowest BCUT2D eigenvalue weighted by Crippen LogP contribution is -2.34. The van der Waals surface area contributed by atoms with Crippen molar-refractivity contribution in [3.63, 3.8) is 0 Å². The Bertz CT molecular complexity index is 746. The molecule has 0 bridgehead atoms. The van der Waals surface area contributed by atoms with E-state index in [1.807, 2.05) is 30.3 Å². The summed E-state index contributed by atoms with van der Waals surface area (Å²) in [5, 5.41) is 18.2. The quantitative estimate of drug-likeness (QED) is 0.798. The van der Waals surface area contributed by atoms with Crippen molar-refractivity contribution in [3.05, 3.63) is 65.2 Å². The summed E-state index contributed by atoms with van der Waals surface area (Å²) in [5.41, 5.74) is 2.56. The molecule has 0 amide bonds. The predicted molar refractivity (Wildman–Crippen MR) is 99.7 cm³/mol. The number of para-hydroxylation sites is 1. The number of aliphatic hydroxyl groups excluding tert-OH is 1. The Morgan fingerprint density at radius 2 is 2.04 bits per heavy atom. The Morgan fingerprint density at radius 1 is 1.19 bits per heavy atom. The van der Waals surface area contributed by atoms with Gasteiger partial charge in [-0.3, -0.25) is 4.90 Å². The van der Waals surface area contributed by atoms with E-state index >= 15 is 0 Å². The standard InChI is InChI=1S/C21H25NO4/c23-11-12-26-20-9-2-1-5-19(20)15-22-10-4-8-18(14-22)16-6-3-7-17(13-16)21(24)25/h1-3,5-7,9,13,18,23H,4,8,10-12,14-15H2,(H,24,25). The lowest BCUT2D eigenvalue weighted by atomic mass is 9.89. The molecule has 1 fully saturated rings. The number of rotatable bonds is 7. The molecule has 0 aromatic heterocycles. The molecule has 5 heteroatoms. The monoisotopic (exact) mass is 355 g/mol. The minimum atomic E-state index is -0.880. The molecule has 2 aromatic carbocycles. The molecular weight excluding hydrogens is 330 g/mol. The molecule has 2 N–H and O–H groups in total. The average Bonchev–Trinajstić information content (AvgIpc) is 2.67. The molecule has 1 aliphatic rings. The van der Waals surface area contributed by atoms with Crippen LogP contribution in [0.25, 0.3) is 0 Å². The molecule has 26 heavy (non-hydrogen) atoms. The first-order valence-electron chi connectivity index (χ1n) is 9.04. The third-order valence-corrected chi connectivity index (χ3v) is 4.83. The second-order valence-corrected chi connectivity index (χ2v) is 6.68. The van der Waals surface area contributed by atoms with E-state index in [1.54, 1.807) is 12.1 Å². The first kappa shape index (κ1) is 18.4. The zero-order valence-electron chi connectivity index (χ0n) is 14.8. The molecule has 0 spiro atoms. The molecular formula is C21H25NO4. The van der Waals surface area contributed by atoms with E-state index in [0.29, 0.717) is 18.1 Å². The van der Waals surface area contributed by atoms with E-state index in [9.17, 15) is 9.90 Å². The smallest absolute Gasteiger partial charge is 0.335 e. The van der Waals surface area contributed by atoms with Crippen molar-refractivity contribution in [1.82, 2.24) is 4.90 Å². The molecule has 1 atom stereocenters. The van der Waals surface area contributed by atoms with Gasteiger partial charge in [0.25, 0.3) is 0 Å². The molecule has 3 rings (SSSR count). The molecule has 5 nitrogen and oxygen atoms in total. The average molecular weight is 355 g/mol. The molecule has 1 unspecified atom stereocenters. The summed E-state index contributed by atoms with van der Waals surface area (Å²) < 4.78 is 5.64. The van der Waals surface area contributed by atoms with Crippen LogP contribution in [0, 0.1) is 0 Å². The summed E-state index contributed by atoms with van der Waals surface area (Å²) in [6, 6.07) is 15.2. The number of benzene rings is 2. The summed E-state index contributed by atoms with van der Waals surface area (Å²) in [4.78, 5) is 13.6. The molecule has 0 saturated carbocycles. The fraction of sp³-hybridized carbons (Fsp3) is 0.381.